The molecule has 1 aliphatic rings. The summed E-state index contributed by atoms with van der Waals surface area (Å²) in [5.41, 5.74) is 0.987. The Morgan fingerprint density at radius 2 is 2.04 bits per heavy atom. The van der Waals surface area contributed by atoms with Crippen molar-refractivity contribution in [3.05, 3.63) is 34.9 Å². The van der Waals surface area contributed by atoms with Gasteiger partial charge in [-0.15, -0.1) is 0 Å². The van der Waals surface area contributed by atoms with Crippen LogP contribution >= 0.6 is 11.6 Å². The highest BCUT2D eigenvalue weighted by molar-refractivity contribution is 6.31. The van der Waals surface area contributed by atoms with Crippen molar-refractivity contribution in [2.75, 3.05) is 45.9 Å². The fourth-order valence-corrected chi connectivity index (χ4v) is 2.96. The third kappa shape index (κ3) is 6.12. The number of rotatable bonds is 8. The van der Waals surface area contributed by atoms with E-state index in [-0.39, 0.29) is 5.91 Å². The molecule has 1 aliphatic heterocycles. The molecule has 1 fully saturated rings. The van der Waals surface area contributed by atoms with Gasteiger partial charge in [0.2, 0.25) is 5.91 Å². The Balaban J connectivity index is 1.84. The summed E-state index contributed by atoms with van der Waals surface area (Å²) in [5.74, 6) is 0.0819. The van der Waals surface area contributed by atoms with Crippen molar-refractivity contribution in [2.45, 2.75) is 19.3 Å². The SMILES string of the molecule is N#CCCN(CCN1CCOCC1)C(=O)CCc1ccccc1Cl. The lowest BCUT2D eigenvalue weighted by molar-refractivity contribution is -0.131. The molecule has 0 unspecified atom stereocenters. The van der Waals surface area contributed by atoms with Crippen LogP contribution in [-0.4, -0.2) is 61.6 Å². The highest BCUT2D eigenvalue weighted by atomic mass is 35.5. The van der Waals surface area contributed by atoms with Crippen LogP contribution in [0.3, 0.4) is 0 Å². The minimum atomic E-state index is 0.0819. The first-order valence-electron chi connectivity index (χ1n) is 8.39. The summed E-state index contributed by atoms with van der Waals surface area (Å²) in [6.07, 6.45) is 1.40. The number of benzene rings is 1. The van der Waals surface area contributed by atoms with E-state index in [1.807, 2.05) is 24.3 Å². The van der Waals surface area contributed by atoms with Gasteiger partial charge in [0.15, 0.2) is 0 Å². The van der Waals surface area contributed by atoms with E-state index in [0.717, 1.165) is 38.4 Å². The molecule has 0 N–H and O–H groups in total. The number of nitriles is 1. The summed E-state index contributed by atoms with van der Waals surface area (Å²) < 4.78 is 5.34. The average Bonchev–Trinajstić information content (AvgIpc) is 2.62. The van der Waals surface area contributed by atoms with E-state index in [1.165, 1.54) is 0 Å². The molecule has 0 bridgehead atoms. The van der Waals surface area contributed by atoms with Crippen LogP contribution in [0.2, 0.25) is 5.02 Å². The molecule has 2 rings (SSSR count). The van der Waals surface area contributed by atoms with Crippen molar-refractivity contribution in [1.29, 1.82) is 5.26 Å². The standard InChI is InChI=1S/C18H24ClN3O2/c19-17-5-2-1-4-16(17)6-7-18(23)22(9-3-8-20)11-10-21-12-14-24-15-13-21/h1-2,4-5H,3,6-7,9-15H2. The van der Waals surface area contributed by atoms with E-state index < -0.39 is 0 Å². The first-order chi connectivity index (χ1) is 11.7. The van der Waals surface area contributed by atoms with Gasteiger partial charge in [-0.25, -0.2) is 0 Å². The summed E-state index contributed by atoms with van der Waals surface area (Å²) >= 11 is 6.15. The number of carbonyl (C=O) groups is 1. The van der Waals surface area contributed by atoms with Gasteiger partial charge in [0.25, 0.3) is 0 Å². The minimum Gasteiger partial charge on any atom is -0.379 e. The molecule has 5 nitrogen and oxygen atoms in total. The number of aryl methyl sites for hydroxylation is 1. The zero-order chi connectivity index (χ0) is 17.2. The van der Waals surface area contributed by atoms with Crippen LogP contribution in [0.15, 0.2) is 24.3 Å². The number of carbonyl (C=O) groups excluding carboxylic acids is 1. The number of halogens is 1. The Morgan fingerprint density at radius 3 is 2.75 bits per heavy atom. The van der Waals surface area contributed by atoms with Gasteiger partial charge in [-0.1, -0.05) is 29.8 Å². The van der Waals surface area contributed by atoms with Crippen molar-refractivity contribution >= 4 is 17.5 Å². The van der Waals surface area contributed by atoms with E-state index in [2.05, 4.69) is 11.0 Å². The van der Waals surface area contributed by atoms with Crippen LogP contribution in [0.25, 0.3) is 0 Å². The van der Waals surface area contributed by atoms with Gasteiger partial charge in [-0.2, -0.15) is 5.26 Å². The van der Waals surface area contributed by atoms with Crippen molar-refractivity contribution < 1.29 is 9.53 Å². The third-order valence-corrected chi connectivity index (χ3v) is 4.57. The van der Waals surface area contributed by atoms with E-state index in [4.69, 9.17) is 21.6 Å². The van der Waals surface area contributed by atoms with Crippen LogP contribution < -0.4 is 0 Å². The molecule has 1 saturated heterocycles. The summed E-state index contributed by atoms with van der Waals surface area (Å²) in [7, 11) is 0. The highest BCUT2D eigenvalue weighted by Crippen LogP contribution is 2.17. The Labute approximate surface area is 148 Å². The van der Waals surface area contributed by atoms with Gasteiger partial charge in [-0.3, -0.25) is 9.69 Å². The van der Waals surface area contributed by atoms with E-state index >= 15 is 0 Å². The molecule has 24 heavy (non-hydrogen) atoms. The Kier molecular flexibility index (Phi) is 8.03. The first kappa shape index (κ1) is 18.7. The molecule has 0 radical (unpaired) electrons. The van der Waals surface area contributed by atoms with Crippen LogP contribution in [0.5, 0.6) is 0 Å². The molecule has 0 aliphatic carbocycles. The molecule has 6 heteroatoms. The fourth-order valence-electron chi connectivity index (χ4n) is 2.73. The molecular formula is C18H24ClN3O2. The maximum Gasteiger partial charge on any atom is 0.222 e. The molecule has 130 valence electrons. The number of morpholine rings is 1. The van der Waals surface area contributed by atoms with Crippen LogP contribution in [0, 0.1) is 11.3 Å². The van der Waals surface area contributed by atoms with E-state index in [1.54, 1.807) is 4.90 Å². The molecule has 1 aromatic carbocycles. The molecule has 1 heterocycles. The maximum absolute atomic E-state index is 12.5. The molecule has 0 spiro atoms. The van der Waals surface area contributed by atoms with Crippen LogP contribution in [-0.2, 0) is 16.0 Å². The normalized spacial score (nSPS) is 15.0. The second-order valence-corrected chi connectivity index (χ2v) is 6.24. The van der Waals surface area contributed by atoms with Crippen molar-refractivity contribution in [3.8, 4) is 6.07 Å². The quantitative estimate of drug-likeness (QED) is 0.723. The predicted molar refractivity (Wildman–Crippen MR) is 93.8 cm³/mol. The average molecular weight is 350 g/mol. The molecule has 0 aromatic heterocycles. The van der Waals surface area contributed by atoms with Gasteiger partial charge in [0.1, 0.15) is 0 Å². The Morgan fingerprint density at radius 1 is 1.29 bits per heavy atom. The van der Waals surface area contributed by atoms with Gasteiger partial charge in [-0.05, 0) is 18.1 Å². The molecule has 0 atom stereocenters. The second-order valence-electron chi connectivity index (χ2n) is 5.83. The zero-order valence-electron chi connectivity index (χ0n) is 13.9. The molecule has 1 aromatic rings. The fraction of sp³-hybridized carbons (Fsp3) is 0.556. The summed E-state index contributed by atoms with van der Waals surface area (Å²) in [6.45, 7) is 5.27. The number of hydrogen-bond acceptors (Lipinski definition) is 4. The molecule has 1 amide bonds. The smallest absolute Gasteiger partial charge is 0.222 e. The van der Waals surface area contributed by atoms with Crippen molar-refractivity contribution in [2.24, 2.45) is 0 Å². The van der Waals surface area contributed by atoms with Crippen LogP contribution in [0.1, 0.15) is 18.4 Å². The lowest BCUT2D eigenvalue weighted by Crippen LogP contribution is -2.43. The predicted octanol–water partition coefficient (Wildman–Crippen LogP) is 2.35. The molecule has 0 saturated carbocycles. The van der Waals surface area contributed by atoms with Crippen molar-refractivity contribution in [3.63, 3.8) is 0 Å². The van der Waals surface area contributed by atoms with Crippen LogP contribution in [0.4, 0.5) is 0 Å². The Hall–Kier alpha value is -1.61. The zero-order valence-corrected chi connectivity index (χ0v) is 14.7. The van der Waals surface area contributed by atoms with E-state index in [9.17, 15) is 4.79 Å². The Bertz CT molecular complexity index is 568. The number of nitrogens with zero attached hydrogens (tertiary/aromatic N) is 3. The van der Waals surface area contributed by atoms with Gasteiger partial charge >= 0.3 is 0 Å². The number of ether oxygens (including phenoxy) is 1. The maximum atomic E-state index is 12.5. The highest BCUT2D eigenvalue weighted by Gasteiger charge is 2.16. The molecular weight excluding hydrogens is 326 g/mol. The second kappa shape index (κ2) is 10.3. The van der Waals surface area contributed by atoms with Crippen molar-refractivity contribution in [1.82, 2.24) is 9.80 Å². The topological polar surface area (TPSA) is 56.6 Å². The largest absolute Gasteiger partial charge is 0.379 e. The monoisotopic (exact) mass is 349 g/mol. The minimum absolute atomic E-state index is 0.0819. The van der Waals surface area contributed by atoms with E-state index in [0.29, 0.717) is 37.4 Å². The summed E-state index contributed by atoms with van der Waals surface area (Å²) in [5, 5.41) is 9.52. The number of hydrogen-bond donors (Lipinski definition) is 0. The number of amides is 1. The third-order valence-electron chi connectivity index (χ3n) is 4.20. The lowest BCUT2D eigenvalue weighted by atomic mass is 10.1. The summed E-state index contributed by atoms with van der Waals surface area (Å²) in [6, 6.07) is 9.73. The lowest BCUT2D eigenvalue weighted by Gasteiger charge is -2.30. The summed E-state index contributed by atoms with van der Waals surface area (Å²) in [4.78, 5) is 16.6. The first-order valence-corrected chi connectivity index (χ1v) is 8.76. The van der Waals surface area contributed by atoms with Gasteiger partial charge in [0, 0.05) is 44.2 Å². The van der Waals surface area contributed by atoms with Gasteiger partial charge in [0.05, 0.1) is 25.7 Å². The van der Waals surface area contributed by atoms with Gasteiger partial charge < -0.3 is 9.64 Å².